The van der Waals surface area contributed by atoms with Crippen LogP contribution in [0.5, 0.6) is 0 Å². The molecule has 0 radical (unpaired) electrons. The molecule has 0 saturated carbocycles. The van der Waals surface area contributed by atoms with Crippen LogP contribution in [-0.2, 0) is 6.54 Å². The maximum absolute atomic E-state index is 12.2. The maximum Gasteiger partial charge on any atom is 0.335 e. The number of hydrogen-bond donors (Lipinski definition) is 2. The fourth-order valence-electron chi connectivity index (χ4n) is 2.06. The fourth-order valence-corrected chi connectivity index (χ4v) is 2.06. The predicted molar refractivity (Wildman–Crippen MR) is 82.1 cm³/mol. The number of furan rings is 1. The van der Waals surface area contributed by atoms with Crippen LogP contribution >= 0.6 is 0 Å². The molecule has 1 aromatic heterocycles. The molecule has 5 heteroatoms. The lowest BCUT2D eigenvalue weighted by atomic mass is 10.1. The second-order valence-electron chi connectivity index (χ2n) is 5.46. The molecule has 0 fully saturated rings. The van der Waals surface area contributed by atoms with Crippen LogP contribution in [0.2, 0.25) is 0 Å². The first-order valence-electron chi connectivity index (χ1n) is 7.09. The van der Waals surface area contributed by atoms with Gasteiger partial charge in [-0.05, 0) is 30.7 Å². The molecule has 116 valence electrons. The van der Waals surface area contributed by atoms with E-state index in [0.717, 1.165) is 11.3 Å². The largest absolute Gasteiger partial charge is 0.478 e. The standard InChI is InChI=1S/C17H19NO4/c1-10(2)15-8-14(11(3)22-15)16(19)18-9-12-4-6-13(7-5-12)17(20)21/h4-8,10H,9H2,1-3H3,(H,18,19)(H,20,21). The van der Waals surface area contributed by atoms with Crippen molar-refractivity contribution < 1.29 is 19.1 Å². The molecule has 0 atom stereocenters. The van der Waals surface area contributed by atoms with Crippen molar-refractivity contribution in [3.8, 4) is 0 Å². The van der Waals surface area contributed by atoms with Crippen LogP contribution in [0.25, 0.3) is 0 Å². The van der Waals surface area contributed by atoms with Crippen molar-refractivity contribution in [3.05, 3.63) is 58.5 Å². The number of carbonyl (C=O) groups is 2. The number of carboxylic acid groups (broad SMARTS) is 1. The number of aryl methyl sites for hydroxylation is 1. The summed E-state index contributed by atoms with van der Waals surface area (Å²) in [5, 5.41) is 11.7. The van der Waals surface area contributed by atoms with Gasteiger partial charge in [-0.1, -0.05) is 26.0 Å². The molecule has 2 N–H and O–H groups in total. The van der Waals surface area contributed by atoms with Gasteiger partial charge in [-0.15, -0.1) is 0 Å². The third-order valence-corrected chi connectivity index (χ3v) is 3.40. The lowest BCUT2D eigenvalue weighted by Gasteiger charge is -2.05. The molecule has 0 spiro atoms. The van der Waals surface area contributed by atoms with E-state index in [2.05, 4.69) is 5.32 Å². The van der Waals surface area contributed by atoms with Gasteiger partial charge in [0.1, 0.15) is 11.5 Å². The number of benzene rings is 1. The number of nitrogens with one attached hydrogen (secondary N) is 1. The summed E-state index contributed by atoms with van der Waals surface area (Å²) in [5.41, 5.74) is 1.59. The lowest BCUT2D eigenvalue weighted by molar-refractivity contribution is 0.0696. The molecule has 22 heavy (non-hydrogen) atoms. The van der Waals surface area contributed by atoms with E-state index in [0.29, 0.717) is 17.9 Å². The Bertz CT molecular complexity index is 683. The monoisotopic (exact) mass is 301 g/mol. The smallest absolute Gasteiger partial charge is 0.335 e. The molecule has 0 aliphatic heterocycles. The molecule has 2 aromatic rings. The van der Waals surface area contributed by atoms with Crippen molar-refractivity contribution in [1.82, 2.24) is 5.32 Å². The Morgan fingerprint density at radius 1 is 1.23 bits per heavy atom. The van der Waals surface area contributed by atoms with E-state index in [1.807, 2.05) is 13.8 Å². The zero-order chi connectivity index (χ0) is 16.3. The molecule has 1 amide bonds. The molecule has 2 rings (SSSR count). The van der Waals surface area contributed by atoms with Gasteiger partial charge in [-0.25, -0.2) is 4.79 Å². The van der Waals surface area contributed by atoms with E-state index < -0.39 is 5.97 Å². The molecular formula is C17H19NO4. The van der Waals surface area contributed by atoms with Crippen LogP contribution in [0.3, 0.4) is 0 Å². The van der Waals surface area contributed by atoms with Gasteiger partial charge in [0, 0.05) is 12.5 Å². The zero-order valence-electron chi connectivity index (χ0n) is 12.8. The summed E-state index contributed by atoms with van der Waals surface area (Å²) in [6, 6.07) is 8.17. The van der Waals surface area contributed by atoms with E-state index in [9.17, 15) is 9.59 Å². The van der Waals surface area contributed by atoms with Crippen LogP contribution in [0.15, 0.2) is 34.7 Å². The number of aromatic carboxylic acids is 1. The molecule has 0 unspecified atom stereocenters. The number of hydrogen-bond acceptors (Lipinski definition) is 3. The maximum atomic E-state index is 12.2. The zero-order valence-corrected chi connectivity index (χ0v) is 12.8. The third kappa shape index (κ3) is 3.55. The Hall–Kier alpha value is -2.56. The van der Waals surface area contributed by atoms with Crippen LogP contribution in [0, 0.1) is 6.92 Å². The molecule has 5 nitrogen and oxygen atoms in total. The van der Waals surface area contributed by atoms with Gasteiger partial charge in [0.25, 0.3) is 5.91 Å². The summed E-state index contributed by atoms with van der Waals surface area (Å²) < 4.78 is 5.57. The molecule has 1 heterocycles. The third-order valence-electron chi connectivity index (χ3n) is 3.40. The predicted octanol–water partition coefficient (Wildman–Crippen LogP) is 3.34. The molecule has 0 aliphatic rings. The van der Waals surface area contributed by atoms with Crippen molar-refractivity contribution in [3.63, 3.8) is 0 Å². The second-order valence-corrected chi connectivity index (χ2v) is 5.46. The van der Waals surface area contributed by atoms with E-state index in [1.54, 1.807) is 25.1 Å². The summed E-state index contributed by atoms with van der Waals surface area (Å²) >= 11 is 0. The number of carbonyl (C=O) groups excluding carboxylic acids is 1. The fraction of sp³-hybridized carbons (Fsp3) is 0.294. The summed E-state index contributed by atoms with van der Waals surface area (Å²) in [4.78, 5) is 23.0. The first-order chi connectivity index (χ1) is 10.4. The minimum Gasteiger partial charge on any atom is -0.478 e. The van der Waals surface area contributed by atoms with Gasteiger partial charge >= 0.3 is 5.97 Å². The van der Waals surface area contributed by atoms with Gasteiger partial charge < -0.3 is 14.8 Å². The van der Waals surface area contributed by atoms with E-state index in [4.69, 9.17) is 9.52 Å². The summed E-state index contributed by atoms with van der Waals surface area (Å²) in [7, 11) is 0. The Morgan fingerprint density at radius 3 is 2.36 bits per heavy atom. The average molecular weight is 301 g/mol. The van der Waals surface area contributed by atoms with E-state index in [1.165, 1.54) is 12.1 Å². The van der Waals surface area contributed by atoms with Crippen LogP contribution in [0.4, 0.5) is 0 Å². The lowest BCUT2D eigenvalue weighted by Crippen LogP contribution is -2.23. The summed E-state index contributed by atoms with van der Waals surface area (Å²) in [6.45, 7) is 6.11. The minimum absolute atomic E-state index is 0.199. The summed E-state index contributed by atoms with van der Waals surface area (Å²) in [5.74, 6) is 0.445. The van der Waals surface area contributed by atoms with Crippen molar-refractivity contribution in [2.24, 2.45) is 0 Å². The van der Waals surface area contributed by atoms with E-state index >= 15 is 0 Å². The number of rotatable bonds is 5. The molecule has 1 aromatic carbocycles. The van der Waals surface area contributed by atoms with Gasteiger partial charge in [-0.3, -0.25) is 4.79 Å². The quantitative estimate of drug-likeness (QED) is 0.887. The molecular weight excluding hydrogens is 282 g/mol. The highest BCUT2D eigenvalue weighted by atomic mass is 16.4. The Labute approximate surface area is 129 Å². The van der Waals surface area contributed by atoms with Crippen molar-refractivity contribution in [1.29, 1.82) is 0 Å². The number of carboxylic acids is 1. The molecule has 0 saturated heterocycles. The van der Waals surface area contributed by atoms with Crippen LogP contribution < -0.4 is 5.32 Å². The minimum atomic E-state index is -0.967. The highest BCUT2D eigenvalue weighted by molar-refractivity contribution is 5.95. The summed E-state index contributed by atoms with van der Waals surface area (Å²) in [6.07, 6.45) is 0. The van der Waals surface area contributed by atoms with Gasteiger partial charge in [-0.2, -0.15) is 0 Å². The Morgan fingerprint density at radius 2 is 1.86 bits per heavy atom. The van der Waals surface area contributed by atoms with Crippen LogP contribution in [0.1, 0.15) is 57.6 Å². The first kappa shape index (κ1) is 15.8. The topological polar surface area (TPSA) is 79.5 Å². The highest BCUT2D eigenvalue weighted by Crippen LogP contribution is 2.21. The van der Waals surface area contributed by atoms with Gasteiger partial charge in [0.15, 0.2) is 0 Å². The van der Waals surface area contributed by atoms with Crippen molar-refractivity contribution in [2.45, 2.75) is 33.2 Å². The van der Waals surface area contributed by atoms with Crippen LogP contribution in [-0.4, -0.2) is 17.0 Å². The highest BCUT2D eigenvalue weighted by Gasteiger charge is 2.16. The van der Waals surface area contributed by atoms with Gasteiger partial charge in [0.05, 0.1) is 11.1 Å². The van der Waals surface area contributed by atoms with Gasteiger partial charge in [0.2, 0.25) is 0 Å². The molecule has 0 bridgehead atoms. The second kappa shape index (κ2) is 6.47. The van der Waals surface area contributed by atoms with E-state index in [-0.39, 0.29) is 17.4 Å². The Balaban J connectivity index is 2.02. The van der Waals surface area contributed by atoms with Crippen molar-refractivity contribution >= 4 is 11.9 Å². The number of amides is 1. The van der Waals surface area contributed by atoms with Crippen molar-refractivity contribution in [2.75, 3.05) is 0 Å². The first-order valence-corrected chi connectivity index (χ1v) is 7.09. The average Bonchev–Trinajstić information content (AvgIpc) is 2.87. The normalized spacial score (nSPS) is 10.7. The SMILES string of the molecule is Cc1oc(C(C)C)cc1C(=O)NCc1ccc(C(=O)O)cc1. The molecule has 0 aliphatic carbocycles. The Kier molecular flexibility index (Phi) is 4.65.